The minimum atomic E-state index is -1.50. The molecule has 1 aromatic rings. The number of Topliss-reactive ketones (excluding diaryl/α,β-unsaturated/α-hetero) is 2. The number of nitrogens with one attached hydrogen (secondary N) is 3. The van der Waals surface area contributed by atoms with Gasteiger partial charge in [0.2, 0.25) is 0 Å². The number of piperazine rings is 1. The molecule has 30 heavy (non-hydrogen) atoms. The van der Waals surface area contributed by atoms with Crippen LogP contribution in [0.1, 0.15) is 37.3 Å². The lowest BCUT2D eigenvalue weighted by Crippen LogP contribution is -2.69. The lowest BCUT2D eigenvalue weighted by atomic mass is 9.84. The second kappa shape index (κ2) is 8.61. The zero-order chi connectivity index (χ0) is 22.1. The van der Waals surface area contributed by atoms with E-state index in [4.69, 9.17) is 4.74 Å². The molecule has 0 bridgehead atoms. The summed E-state index contributed by atoms with van der Waals surface area (Å²) in [5.74, 6) is -0.506. The highest BCUT2D eigenvalue weighted by Gasteiger charge is 2.60. The van der Waals surface area contributed by atoms with Gasteiger partial charge in [-0.05, 0) is 24.0 Å². The molecule has 1 aromatic carbocycles. The van der Waals surface area contributed by atoms with E-state index in [1.807, 2.05) is 13.8 Å². The van der Waals surface area contributed by atoms with Gasteiger partial charge in [-0.2, -0.15) is 0 Å². The summed E-state index contributed by atoms with van der Waals surface area (Å²) < 4.78 is 5.54. The third-order valence-corrected chi connectivity index (χ3v) is 6.00. The number of carbonyl (C=O) groups is 3. The number of hydrogen-bond acceptors (Lipinski definition) is 7. The van der Waals surface area contributed by atoms with Crippen molar-refractivity contribution in [2.24, 2.45) is 5.92 Å². The van der Waals surface area contributed by atoms with E-state index in [1.54, 1.807) is 12.1 Å². The van der Waals surface area contributed by atoms with Crippen LogP contribution in [0, 0.1) is 5.92 Å². The van der Waals surface area contributed by atoms with Crippen LogP contribution in [0.3, 0.4) is 0 Å². The first kappa shape index (κ1) is 22.0. The Morgan fingerprint density at radius 2 is 2.13 bits per heavy atom. The fourth-order valence-corrected chi connectivity index (χ4v) is 4.66. The van der Waals surface area contributed by atoms with Crippen LogP contribution in [-0.4, -0.2) is 67.0 Å². The van der Waals surface area contributed by atoms with Crippen LogP contribution in [-0.2, 0) is 16.0 Å². The molecule has 2 fully saturated rings. The predicted molar refractivity (Wildman–Crippen MR) is 111 cm³/mol. The molecule has 1 aliphatic heterocycles. The summed E-state index contributed by atoms with van der Waals surface area (Å²) in [4.78, 5) is 40.8. The van der Waals surface area contributed by atoms with Crippen LogP contribution in [0.2, 0.25) is 0 Å². The average Bonchev–Trinajstić information content (AvgIpc) is 2.98. The Hall–Kier alpha value is -2.65. The van der Waals surface area contributed by atoms with Crippen LogP contribution < -0.4 is 20.9 Å². The largest absolute Gasteiger partial charge is 0.494 e. The Balaban J connectivity index is 2.11. The van der Waals surface area contributed by atoms with E-state index in [9.17, 15) is 19.6 Å². The lowest BCUT2D eigenvalue weighted by Gasteiger charge is -2.42. The predicted octanol–water partition coefficient (Wildman–Crippen LogP) is 1.30. The molecule has 1 heterocycles. The van der Waals surface area contributed by atoms with Gasteiger partial charge in [-0.15, -0.1) is 0 Å². The van der Waals surface area contributed by atoms with Crippen molar-refractivity contribution in [2.75, 3.05) is 39.3 Å². The number of urea groups is 1. The molecule has 1 spiro atoms. The fraction of sp³-hybridized carbons (Fsp3) is 0.571. The molecule has 2 amide bonds. The standard InChI is InChI=1S/C21H30N4O5/c1-12(2)9-14-13(5-6-16(24-29)18(14)30-4)15-10-17(26)21(19(15)27)11-23-7-8-25(21)20(28)22-3/h5-6,12,15,23-24,29H,7-11H2,1-4H3,(H,22,28)/t15-,21+/m1/s1. The van der Waals surface area contributed by atoms with E-state index in [-0.39, 0.29) is 37.0 Å². The summed E-state index contributed by atoms with van der Waals surface area (Å²) in [5.41, 5.74) is 2.52. The smallest absolute Gasteiger partial charge is 0.318 e. The number of anilines is 1. The molecule has 2 atom stereocenters. The van der Waals surface area contributed by atoms with Gasteiger partial charge in [-0.25, -0.2) is 4.79 Å². The van der Waals surface area contributed by atoms with Crippen LogP contribution in [0.5, 0.6) is 5.75 Å². The van der Waals surface area contributed by atoms with Crippen LogP contribution in [0.25, 0.3) is 0 Å². The molecular weight excluding hydrogens is 388 g/mol. The zero-order valence-corrected chi connectivity index (χ0v) is 17.9. The molecular formula is C21H30N4O5. The third kappa shape index (κ3) is 3.41. The Labute approximate surface area is 176 Å². The highest BCUT2D eigenvalue weighted by molar-refractivity contribution is 6.22. The molecule has 0 radical (unpaired) electrons. The number of hydrogen-bond donors (Lipinski definition) is 4. The number of amides is 2. The van der Waals surface area contributed by atoms with Gasteiger partial charge < -0.3 is 20.3 Å². The Kier molecular flexibility index (Phi) is 6.33. The molecule has 1 saturated heterocycles. The number of methoxy groups -OCH3 is 1. The van der Waals surface area contributed by atoms with Gasteiger partial charge in [-0.1, -0.05) is 19.9 Å². The second-order valence-electron chi connectivity index (χ2n) is 8.21. The number of nitrogens with zero attached hydrogens (tertiary/aromatic N) is 1. The van der Waals surface area contributed by atoms with Gasteiger partial charge in [-0.3, -0.25) is 20.3 Å². The second-order valence-corrected chi connectivity index (χ2v) is 8.21. The van der Waals surface area contributed by atoms with Crippen LogP contribution in [0.15, 0.2) is 12.1 Å². The maximum atomic E-state index is 13.7. The Morgan fingerprint density at radius 3 is 2.73 bits per heavy atom. The molecule has 1 saturated carbocycles. The summed E-state index contributed by atoms with van der Waals surface area (Å²) in [7, 11) is 3.00. The van der Waals surface area contributed by atoms with Crippen molar-refractivity contribution in [3.8, 4) is 5.75 Å². The molecule has 0 aromatic heterocycles. The van der Waals surface area contributed by atoms with Gasteiger partial charge in [0.15, 0.2) is 17.1 Å². The summed E-state index contributed by atoms with van der Waals surface area (Å²) in [6.07, 6.45) is 0.630. The maximum Gasteiger partial charge on any atom is 0.318 e. The molecule has 9 heteroatoms. The van der Waals surface area contributed by atoms with E-state index < -0.39 is 17.5 Å². The molecule has 0 unspecified atom stereocenters. The minimum Gasteiger partial charge on any atom is -0.494 e. The summed E-state index contributed by atoms with van der Waals surface area (Å²) in [6.45, 7) is 5.00. The van der Waals surface area contributed by atoms with E-state index in [0.717, 1.165) is 5.56 Å². The van der Waals surface area contributed by atoms with E-state index in [0.29, 0.717) is 30.0 Å². The van der Waals surface area contributed by atoms with Gasteiger partial charge in [0.25, 0.3) is 0 Å². The average molecular weight is 418 g/mol. The van der Waals surface area contributed by atoms with Gasteiger partial charge in [0, 0.05) is 38.7 Å². The van der Waals surface area contributed by atoms with Crippen molar-refractivity contribution in [1.82, 2.24) is 15.5 Å². The molecule has 4 N–H and O–H groups in total. The van der Waals surface area contributed by atoms with E-state index in [2.05, 4.69) is 16.1 Å². The van der Waals surface area contributed by atoms with Crippen LogP contribution in [0.4, 0.5) is 10.5 Å². The normalized spacial score (nSPS) is 23.9. The number of ether oxygens (including phenoxy) is 1. The third-order valence-electron chi connectivity index (χ3n) is 6.00. The molecule has 3 rings (SSSR count). The minimum absolute atomic E-state index is 0.0220. The highest BCUT2D eigenvalue weighted by atomic mass is 16.5. The quantitative estimate of drug-likeness (QED) is 0.420. The van der Waals surface area contributed by atoms with Crippen molar-refractivity contribution < 1.29 is 24.3 Å². The van der Waals surface area contributed by atoms with Crippen molar-refractivity contribution >= 4 is 23.3 Å². The van der Waals surface area contributed by atoms with E-state index >= 15 is 0 Å². The monoisotopic (exact) mass is 418 g/mol. The Bertz CT molecular complexity index is 856. The fourth-order valence-electron chi connectivity index (χ4n) is 4.66. The number of ketones is 2. The summed E-state index contributed by atoms with van der Waals surface area (Å²) in [6, 6.07) is 2.96. The molecule has 2 aliphatic rings. The summed E-state index contributed by atoms with van der Waals surface area (Å²) in [5, 5.41) is 15.1. The molecule has 1 aliphatic carbocycles. The van der Waals surface area contributed by atoms with Crippen LogP contribution >= 0.6 is 0 Å². The first-order chi connectivity index (χ1) is 14.3. The van der Waals surface area contributed by atoms with Gasteiger partial charge >= 0.3 is 6.03 Å². The van der Waals surface area contributed by atoms with Gasteiger partial charge in [0.05, 0.1) is 13.0 Å². The molecule has 9 nitrogen and oxygen atoms in total. The summed E-state index contributed by atoms with van der Waals surface area (Å²) >= 11 is 0. The van der Waals surface area contributed by atoms with Crippen molar-refractivity contribution in [2.45, 2.75) is 38.1 Å². The lowest BCUT2D eigenvalue weighted by molar-refractivity contribution is -0.137. The Morgan fingerprint density at radius 1 is 1.40 bits per heavy atom. The highest BCUT2D eigenvalue weighted by Crippen LogP contribution is 2.44. The first-order valence-electron chi connectivity index (χ1n) is 10.2. The van der Waals surface area contributed by atoms with E-state index in [1.165, 1.54) is 19.1 Å². The number of benzene rings is 1. The van der Waals surface area contributed by atoms with Gasteiger partial charge in [0.1, 0.15) is 11.4 Å². The number of carbonyl (C=O) groups excluding carboxylic acids is 3. The zero-order valence-electron chi connectivity index (χ0n) is 17.9. The first-order valence-corrected chi connectivity index (χ1v) is 10.2. The van der Waals surface area contributed by atoms with Crippen molar-refractivity contribution in [3.63, 3.8) is 0 Å². The maximum absolute atomic E-state index is 13.7. The number of rotatable bonds is 5. The van der Waals surface area contributed by atoms with Crippen molar-refractivity contribution in [1.29, 1.82) is 0 Å². The van der Waals surface area contributed by atoms with Crippen molar-refractivity contribution in [3.05, 3.63) is 23.3 Å². The SMILES string of the molecule is CNC(=O)N1CCNC[C@@]12C(=O)C[C@H](c1ccc(NO)c(OC)c1CC(C)C)C2=O. The molecule has 164 valence electrons. The topological polar surface area (TPSA) is 120 Å².